The Morgan fingerprint density at radius 3 is 2.00 bits per heavy atom. The van der Waals surface area contributed by atoms with Gasteiger partial charge in [0.25, 0.3) is 0 Å². The minimum absolute atomic E-state index is 0.0260. The third-order valence-corrected chi connectivity index (χ3v) is 8.15. The Balaban J connectivity index is 1.31. The molecule has 2 aromatic carbocycles. The highest BCUT2D eigenvalue weighted by Gasteiger charge is 2.29. The van der Waals surface area contributed by atoms with E-state index >= 15 is 8.78 Å². The van der Waals surface area contributed by atoms with E-state index in [1.165, 1.54) is 6.07 Å². The van der Waals surface area contributed by atoms with E-state index in [0.717, 1.165) is 70.8 Å². The minimum Gasteiger partial charge on any atom is -0.494 e. The largest absolute Gasteiger partial charge is 0.494 e. The van der Waals surface area contributed by atoms with Gasteiger partial charge in [0.05, 0.1) is 12.7 Å². The van der Waals surface area contributed by atoms with Crippen molar-refractivity contribution in [2.75, 3.05) is 13.2 Å². The zero-order valence-electron chi connectivity index (χ0n) is 22.3. The van der Waals surface area contributed by atoms with E-state index in [1.807, 2.05) is 25.1 Å². The molecule has 0 heterocycles. The lowest BCUT2D eigenvalue weighted by molar-refractivity contribution is 0.0230. The zero-order chi connectivity index (χ0) is 26.2. The van der Waals surface area contributed by atoms with Crippen LogP contribution in [0, 0.1) is 23.4 Å². The highest BCUT2D eigenvalue weighted by atomic mass is 19.2. The summed E-state index contributed by atoms with van der Waals surface area (Å²) in [5.74, 6) is -0.677. The number of hydrogen-bond donors (Lipinski definition) is 0. The van der Waals surface area contributed by atoms with Crippen molar-refractivity contribution in [1.29, 1.82) is 0 Å². The molecule has 202 valence electrons. The summed E-state index contributed by atoms with van der Waals surface area (Å²) >= 11 is 0. The first-order valence-electron chi connectivity index (χ1n) is 14.2. The van der Waals surface area contributed by atoms with Gasteiger partial charge in [-0.05, 0) is 106 Å². The number of unbranched alkanes of at least 4 members (excludes halogenated alkanes) is 1. The molecule has 0 aromatic heterocycles. The first-order valence-corrected chi connectivity index (χ1v) is 14.2. The summed E-state index contributed by atoms with van der Waals surface area (Å²) < 4.78 is 56.0. The van der Waals surface area contributed by atoms with Gasteiger partial charge in [0, 0.05) is 18.2 Å². The van der Waals surface area contributed by atoms with Crippen molar-refractivity contribution in [2.24, 2.45) is 5.92 Å². The van der Waals surface area contributed by atoms with Crippen molar-refractivity contribution in [3.8, 4) is 5.75 Å². The maximum atomic E-state index is 15.2. The molecule has 0 amide bonds. The standard InChI is InChI=1S/C32H41F3O2/c1-3-5-20-37-26-15-12-24(13-16-26)29-19-18-28(31(34)32(29)35)23-9-6-22(7-10-23)8-11-25-14-17-27(36-4-2)21-30(25)33/h8,11,14,17-19,21-24,26H,3-7,9-10,12-13,15-16,20H2,1-2H3/b11-8+. The number of halogens is 3. The van der Waals surface area contributed by atoms with Crippen LogP contribution in [-0.2, 0) is 4.74 Å². The van der Waals surface area contributed by atoms with Crippen LogP contribution in [0.3, 0.4) is 0 Å². The number of rotatable bonds is 10. The minimum atomic E-state index is -0.658. The van der Waals surface area contributed by atoms with Crippen LogP contribution in [0.25, 0.3) is 6.08 Å². The van der Waals surface area contributed by atoms with Gasteiger partial charge in [-0.15, -0.1) is 0 Å². The summed E-state index contributed by atoms with van der Waals surface area (Å²) in [6.07, 6.45) is 13.2. The maximum absolute atomic E-state index is 15.2. The third-order valence-electron chi connectivity index (χ3n) is 8.15. The lowest BCUT2D eigenvalue weighted by Gasteiger charge is -2.30. The van der Waals surface area contributed by atoms with Crippen molar-refractivity contribution < 1.29 is 22.6 Å². The molecule has 4 rings (SSSR count). The Labute approximate surface area is 220 Å². The highest BCUT2D eigenvalue weighted by molar-refractivity contribution is 5.52. The summed E-state index contributed by atoms with van der Waals surface area (Å²) in [4.78, 5) is 0. The van der Waals surface area contributed by atoms with Crippen LogP contribution in [0.4, 0.5) is 13.2 Å². The molecule has 0 atom stereocenters. The molecule has 0 unspecified atom stereocenters. The van der Waals surface area contributed by atoms with Crippen LogP contribution in [0.5, 0.6) is 5.75 Å². The van der Waals surface area contributed by atoms with Gasteiger partial charge in [-0.2, -0.15) is 0 Å². The van der Waals surface area contributed by atoms with Gasteiger partial charge in [0.2, 0.25) is 0 Å². The molecule has 0 bridgehead atoms. The van der Waals surface area contributed by atoms with E-state index < -0.39 is 11.6 Å². The van der Waals surface area contributed by atoms with Crippen molar-refractivity contribution in [1.82, 2.24) is 0 Å². The molecule has 2 aliphatic rings. The molecule has 0 spiro atoms. The van der Waals surface area contributed by atoms with Gasteiger partial charge >= 0.3 is 0 Å². The van der Waals surface area contributed by atoms with Crippen molar-refractivity contribution >= 4 is 6.08 Å². The molecular formula is C32H41F3O2. The van der Waals surface area contributed by atoms with Gasteiger partial charge in [-0.25, -0.2) is 13.2 Å². The number of hydrogen-bond acceptors (Lipinski definition) is 2. The Hall–Kier alpha value is -2.27. The fraction of sp³-hybridized carbons (Fsp3) is 0.562. The Kier molecular flexibility index (Phi) is 10.1. The molecule has 2 fully saturated rings. The van der Waals surface area contributed by atoms with E-state index in [9.17, 15) is 4.39 Å². The molecule has 0 radical (unpaired) electrons. The highest BCUT2D eigenvalue weighted by Crippen LogP contribution is 2.41. The van der Waals surface area contributed by atoms with Crippen LogP contribution >= 0.6 is 0 Å². The quantitative estimate of drug-likeness (QED) is 0.294. The van der Waals surface area contributed by atoms with E-state index in [-0.39, 0.29) is 23.8 Å². The predicted octanol–water partition coefficient (Wildman–Crippen LogP) is 9.33. The zero-order valence-corrected chi connectivity index (χ0v) is 22.3. The maximum Gasteiger partial charge on any atom is 0.162 e. The molecule has 5 heteroatoms. The van der Waals surface area contributed by atoms with E-state index in [4.69, 9.17) is 9.47 Å². The molecule has 2 nitrogen and oxygen atoms in total. The molecule has 37 heavy (non-hydrogen) atoms. The number of allylic oxidation sites excluding steroid dienone is 1. The summed E-state index contributed by atoms with van der Waals surface area (Å²) in [6.45, 7) is 5.31. The van der Waals surface area contributed by atoms with E-state index in [2.05, 4.69) is 13.0 Å². The SMILES string of the molecule is CCCCOC1CCC(c2ccc(C3CCC(/C=C/c4ccc(OCC)cc4F)CC3)c(F)c2F)CC1. The molecular weight excluding hydrogens is 473 g/mol. The van der Waals surface area contributed by atoms with Gasteiger partial charge in [-0.3, -0.25) is 0 Å². The monoisotopic (exact) mass is 514 g/mol. The fourth-order valence-corrected chi connectivity index (χ4v) is 5.91. The first-order chi connectivity index (χ1) is 18.0. The Bertz CT molecular complexity index is 1030. The molecule has 2 saturated carbocycles. The van der Waals surface area contributed by atoms with Gasteiger partial charge < -0.3 is 9.47 Å². The first kappa shape index (κ1) is 27.8. The Morgan fingerprint density at radius 2 is 1.43 bits per heavy atom. The molecule has 0 saturated heterocycles. The average molecular weight is 515 g/mol. The summed E-state index contributed by atoms with van der Waals surface area (Å²) in [5.41, 5.74) is 1.58. The van der Waals surface area contributed by atoms with Crippen LogP contribution in [0.1, 0.15) is 107 Å². The fourth-order valence-electron chi connectivity index (χ4n) is 5.91. The normalized spacial score (nSPS) is 24.5. The number of ether oxygens (including phenoxy) is 2. The Morgan fingerprint density at radius 1 is 0.811 bits per heavy atom. The van der Waals surface area contributed by atoms with Crippen LogP contribution in [0.2, 0.25) is 0 Å². The summed E-state index contributed by atoms with van der Waals surface area (Å²) in [7, 11) is 0. The molecule has 0 N–H and O–H groups in total. The smallest absolute Gasteiger partial charge is 0.162 e. The average Bonchev–Trinajstić information content (AvgIpc) is 2.91. The second-order valence-corrected chi connectivity index (χ2v) is 10.7. The number of benzene rings is 2. The summed E-state index contributed by atoms with van der Waals surface area (Å²) in [6, 6.07) is 8.57. The molecule has 2 aromatic rings. The summed E-state index contributed by atoms with van der Waals surface area (Å²) in [5, 5.41) is 0. The lowest BCUT2D eigenvalue weighted by Crippen LogP contribution is -2.22. The van der Waals surface area contributed by atoms with Gasteiger partial charge in [0.15, 0.2) is 11.6 Å². The van der Waals surface area contributed by atoms with Crippen LogP contribution in [0.15, 0.2) is 36.4 Å². The van der Waals surface area contributed by atoms with Crippen molar-refractivity contribution in [2.45, 2.75) is 96.0 Å². The molecule has 2 aliphatic carbocycles. The van der Waals surface area contributed by atoms with Crippen LogP contribution in [-0.4, -0.2) is 19.3 Å². The van der Waals surface area contributed by atoms with Crippen LogP contribution < -0.4 is 4.74 Å². The van der Waals surface area contributed by atoms with Gasteiger partial charge in [-0.1, -0.05) is 37.6 Å². The topological polar surface area (TPSA) is 18.5 Å². The second kappa shape index (κ2) is 13.5. The van der Waals surface area contributed by atoms with E-state index in [1.54, 1.807) is 12.1 Å². The molecule has 0 aliphatic heterocycles. The second-order valence-electron chi connectivity index (χ2n) is 10.7. The van der Waals surface area contributed by atoms with E-state index in [0.29, 0.717) is 35.0 Å². The predicted molar refractivity (Wildman–Crippen MR) is 144 cm³/mol. The third kappa shape index (κ3) is 7.19. The lowest BCUT2D eigenvalue weighted by atomic mass is 9.77. The van der Waals surface area contributed by atoms with Gasteiger partial charge in [0.1, 0.15) is 11.6 Å². The van der Waals surface area contributed by atoms with Crippen molar-refractivity contribution in [3.05, 3.63) is 70.5 Å². The van der Waals surface area contributed by atoms with Crippen molar-refractivity contribution in [3.63, 3.8) is 0 Å².